The summed E-state index contributed by atoms with van der Waals surface area (Å²) in [7, 11) is 0. The highest BCUT2D eigenvalue weighted by molar-refractivity contribution is 6.32. The van der Waals surface area contributed by atoms with Gasteiger partial charge in [-0.15, -0.1) is 0 Å². The van der Waals surface area contributed by atoms with Crippen molar-refractivity contribution in [3.05, 3.63) is 22.7 Å². The molecule has 19 heavy (non-hydrogen) atoms. The molecule has 1 saturated heterocycles. The van der Waals surface area contributed by atoms with Crippen LogP contribution in [-0.2, 0) is 11.3 Å². The van der Waals surface area contributed by atoms with Crippen LogP contribution in [0.2, 0.25) is 5.02 Å². The highest BCUT2D eigenvalue weighted by Crippen LogP contribution is 2.40. The van der Waals surface area contributed by atoms with Gasteiger partial charge in [0.25, 0.3) is 0 Å². The fourth-order valence-electron chi connectivity index (χ4n) is 2.44. The van der Waals surface area contributed by atoms with Crippen molar-refractivity contribution < 1.29 is 14.2 Å². The van der Waals surface area contributed by atoms with Crippen LogP contribution in [0.25, 0.3) is 0 Å². The van der Waals surface area contributed by atoms with E-state index in [1.165, 1.54) is 0 Å². The summed E-state index contributed by atoms with van der Waals surface area (Å²) in [5.41, 5.74) is 6.76. The van der Waals surface area contributed by atoms with Crippen LogP contribution in [0, 0.1) is 0 Å². The van der Waals surface area contributed by atoms with Crippen molar-refractivity contribution >= 4 is 11.6 Å². The van der Waals surface area contributed by atoms with Gasteiger partial charge in [-0.1, -0.05) is 11.6 Å². The maximum Gasteiger partial charge on any atom is 0.231 e. The van der Waals surface area contributed by atoms with Crippen LogP contribution in [-0.4, -0.2) is 44.0 Å². The number of fused-ring (bicyclic) bond motifs is 1. The molecule has 3 rings (SSSR count). The highest BCUT2D eigenvalue weighted by Gasteiger charge is 2.22. The maximum atomic E-state index is 6.18. The van der Waals surface area contributed by atoms with Crippen LogP contribution in [0.3, 0.4) is 0 Å². The molecule has 104 valence electrons. The van der Waals surface area contributed by atoms with E-state index in [0.717, 1.165) is 37.6 Å². The molecule has 2 heterocycles. The molecule has 0 radical (unpaired) electrons. The molecule has 1 unspecified atom stereocenters. The molecule has 5 nitrogen and oxygen atoms in total. The first-order chi connectivity index (χ1) is 9.26. The second kappa shape index (κ2) is 5.54. The second-order valence-electron chi connectivity index (χ2n) is 4.78. The van der Waals surface area contributed by atoms with Crippen molar-refractivity contribution in [1.82, 2.24) is 4.90 Å². The zero-order valence-corrected chi connectivity index (χ0v) is 11.4. The summed E-state index contributed by atoms with van der Waals surface area (Å²) in [5.74, 6) is 1.37. The Kier molecular flexibility index (Phi) is 3.79. The Morgan fingerprint density at radius 1 is 1.37 bits per heavy atom. The smallest absolute Gasteiger partial charge is 0.231 e. The van der Waals surface area contributed by atoms with Gasteiger partial charge in [-0.2, -0.15) is 0 Å². The summed E-state index contributed by atoms with van der Waals surface area (Å²) in [6.45, 7) is 4.09. The Morgan fingerprint density at radius 3 is 3.11 bits per heavy atom. The standard InChI is InChI=1S/C13H17ClN2O3/c14-11-3-9(4-12-13(11)19-8-18-12)6-16-1-2-17-10(5-15)7-16/h3-4,10H,1-2,5-8,15H2. The maximum absolute atomic E-state index is 6.18. The van der Waals surface area contributed by atoms with Crippen LogP contribution in [0.1, 0.15) is 5.56 Å². The molecule has 0 aliphatic carbocycles. The van der Waals surface area contributed by atoms with Crippen molar-refractivity contribution in [2.45, 2.75) is 12.6 Å². The van der Waals surface area contributed by atoms with E-state index in [9.17, 15) is 0 Å². The van der Waals surface area contributed by atoms with Crippen molar-refractivity contribution in [1.29, 1.82) is 0 Å². The number of ether oxygens (including phenoxy) is 3. The third-order valence-corrected chi connectivity index (χ3v) is 3.66. The molecule has 2 aliphatic heterocycles. The number of benzene rings is 1. The van der Waals surface area contributed by atoms with E-state index in [2.05, 4.69) is 4.90 Å². The van der Waals surface area contributed by atoms with Gasteiger partial charge in [-0.3, -0.25) is 4.90 Å². The molecule has 2 aliphatic rings. The van der Waals surface area contributed by atoms with Gasteiger partial charge in [-0.25, -0.2) is 0 Å². The zero-order chi connectivity index (χ0) is 13.2. The fourth-order valence-corrected chi connectivity index (χ4v) is 2.72. The predicted octanol–water partition coefficient (Wildman–Crippen LogP) is 1.23. The van der Waals surface area contributed by atoms with Gasteiger partial charge in [0.1, 0.15) is 0 Å². The molecule has 1 atom stereocenters. The SMILES string of the molecule is NCC1CN(Cc2cc(Cl)c3c(c2)OCO3)CCO1. The van der Waals surface area contributed by atoms with Gasteiger partial charge in [0.05, 0.1) is 17.7 Å². The van der Waals surface area contributed by atoms with Gasteiger partial charge >= 0.3 is 0 Å². The monoisotopic (exact) mass is 284 g/mol. The zero-order valence-electron chi connectivity index (χ0n) is 10.6. The fraction of sp³-hybridized carbons (Fsp3) is 0.538. The topological polar surface area (TPSA) is 57.0 Å². The molecule has 0 bridgehead atoms. The largest absolute Gasteiger partial charge is 0.454 e. The molecule has 0 aromatic heterocycles. The summed E-state index contributed by atoms with van der Waals surface area (Å²) in [6.07, 6.45) is 0.123. The van der Waals surface area contributed by atoms with E-state index in [0.29, 0.717) is 17.3 Å². The first-order valence-electron chi connectivity index (χ1n) is 6.38. The summed E-state index contributed by atoms with van der Waals surface area (Å²) in [6, 6.07) is 3.92. The first kappa shape index (κ1) is 13.0. The van der Waals surface area contributed by atoms with E-state index in [1.807, 2.05) is 12.1 Å². The van der Waals surface area contributed by atoms with Gasteiger partial charge in [0.15, 0.2) is 11.5 Å². The lowest BCUT2D eigenvalue weighted by Crippen LogP contribution is -2.45. The Hall–Kier alpha value is -1.01. The molecule has 2 N–H and O–H groups in total. The van der Waals surface area contributed by atoms with Gasteiger partial charge in [-0.05, 0) is 17.7 Å². The minimum Gasteiger partial charge on any atom is -0.454 e. The number of nitrogens with zero attached hydrogens (tertiary/aromatic N) is 1. The molecular formula is C13H17ClN2O3. The molecule has 1 aromatic carbocycles. The normalized spacial score (nSPS) is 22.7. The second-order valence-corrected chi connectivity index (χ2v) is 5.18. The lowest BCUT2D eigenvalue weighted by atomic mass is 10.1. The van der Waals surface area contributed by atoms with E-state index in [-0.39, 0.29) is 12.9 Å². The van der Waals surface area contributed by atoms with Crippen molar-refractivity contribution in [2.75, 3.05) is 33.0 Å². The van der Waals surface area contributed by atoms with Crippen LogP contribution in [0.15, 0.2) is 12.1 Å². The summed E-state index contributed by atoms with van der Waals surface area (Å²) in [5, 5.41) is 0.605. The van der Waals surface area contributed by atoms with Gasteiger partial charge < -0.3 is 19.9 Å². The average Bonchev–Trinajstić information content (AvgIpc) is 2.88. The summed E-state index contributed by atoms with van der Waals surface area (Å²) < 4.78 is 16.2. The number of rotatable bonds is 3. The number of halogens is 1. The summed E-state index contributed by atoms with van der Waals surface area (Å²) in [4.78, 5) is 2.31. The molecule has 1 fully saturated rings. The van der Waals surface area contributed by atoms with Crippen molar-refractivity contribution in [3.8, 4) is 11.5 Å². The lowest BCUT2D eigenvalue weighted by molar-refractivity contribution is -0.0260. The highest BCUT2D eigenvalue weighted by atomic mass is 35.5. The van der Waals surface area contributed by atoms with Gasteiger partial charge in [0, 0.05) is 26.2 Å². The molecule has 0 spiro atoms. The van der Waals surface area contributed by atoms with E-state index >= 15 is 0 Å². The third-order valence-electron chi connectivity index (χ3n) is 3.38. The number of hydrogen-bond donors (Lipinski definition) is 1. The van der Waals surface area contributed by atoms with Crippen molar-refractivity contribution in [2.24, 2.45) is 5.73 Å². The van der Waals surface area contributed by atoms with Crippen molar-refractivity contribution in [3.63, 3.8) is 0 Å². The first-order valence-corrected chi connectivity index (χ1v) is 6.76. The molecule has 1 aromatic rings. The minimum atomic E-state index is 0.123. The molecule has 0 saturated carbocycles. The van der Waals surface area contributed by atoms with Crippen LogP contribution in [0.4, 0.5) is 0 Å². The average molecular weight is 285 g/mol. The van der Waals surface area contributed by atoms with Gasteiger partial charge in [0.2, 0.25) is 6.79 Å². The number of nitrogens with two attached hydrogens (primary N) is 1. The quantitative estimate of drug-likeness (QED) is 0.905. The van der Waals surface area contributed by atoms with Crippen LogP contribution >= 0.6 is 11.6 Å². The Bertz CT molecular complexity index is 469. The predicted molar refractivity (Wildman–Crippen MR) is 71.6 cm³/mol. The minimum absolute atomic E-state index is 0.123. The molecule has 0 amide bonds. The van der Waals surface area contributed by atoms with Crippen LogP contribution in [0.5, 0.6) is 11.5 Å². The Labute approximate surface area is 117 Å². The van der Waals surface area contributed by atoms with E-state index in [1.54, 1.807) is 0 Å². The van der Waals surface area contributed by atoms with Crippen LogP contribution < -0.4 is 15.2 Å². The molecular weight excluding hydrogens is 268 g/mol. The lowest BCUT2D eigenvalue weighted by Gasteiger charge is -2.32. The Morgan fingerprint density at radius 2 is 2.26 bits per heavy atom. The van der Waals surface area contributed by atoms with E-state index < -0.39 is 0 Å². The summed E-state index contributed by atoms with van der Waals surface area (Å²) >= 11 is 6.18. The Balaban J connectivity index is 1.71. The number of morpholine rings is 1. The molecule has 6 heteroatoms. The third kappa shape index (κ3) is 2.79. The number of hydrogen-bond acceptors (Lipinski definition) is 5. The van der Waals surface area contributed by atoms with E-state index in [4.69, 9.17) is 31.5 Å².